The average molecular weight is 549 g/mol. The van der Waals surface area contributed by atoms with E-state index in [4.69, 9.17) is 9.47 Å². The predicted octanol–water partition coefficient (Wildman–Crippen LogP) is 4.33. The molecule has 9 nitrogen and oxygen atoms in total. The van der Waals surface area contributed by atoms with E-state index in [2.05, 4.69) is 41.4 Å². The van der Waals surface area contributed by atoms with Crippen LogP contribution in [0.15, 0.2) is 48.5 Å². The molecule has 0 aromatic heterocycles. The monoisotopic (exact) mass is 548 g/mol. The number of rotatable bonds is 7. The summed E-state index contributed by atoms with van der Waals surface area (Å²) in [7, 11) is 0. The van der Waals surface area contributed by atoms with E-state index in [1.54, 1.807) is 28.9 Å². The van der Waals surface area contributed by atoms with Gasteiger partial charge in [-0.2, -0.15) is 0 Å². The van der Waals surface area contributed by atoms with Gasteiger partial charge in [0, 0.05) is 63.7 Å². The highest BCUT2D eigenvalue weighted by Crippen LogP contribution is 2.34. The Kier molecular flexibility index (Phi) is 8.59. The SMILES string of the molecule is CCOC(=O)N1CCC(NC(=O)c2ccc(CN3CC4(CCN(Cc5ccc(C)cc5)CC4)OC3=O)cc2)CC1. The van der Waals surface area contributed by atoms with Crippen LogP contribution in [-0.4, -0.2) is 83.8 Å². The van der Waals surface area contributed by atoms with Crippen molar-refractivity contribution in [2.45, 2.75) is 64.3 Å². The second-order valence-electron chi connectivity index (χ2n) is 11.3. The minimum atomic E-state index is -0.413. The van der Waals surface area contributed by atoms with Crippen molar-refractivity contribution in [2.24, 2.45) is 0 Å². The van der Waals surface area contributed by atoms with Crippen molar-refractivity contribution in [3.63, 3.8) is 0 Å². The van der Waals surface area contributed by atoms with Gasteiger partial charge in [-0.15, -0.1) is 0 Å². The first-order valence-electron chi connectivity index (χ1n) is 14.4. The molecule has 3 fully saturated rings. The number of aryl methyl sites for hydroxylation is 1. The van der Waals surface area contributed by atoms with E-state index in [0.717, 1.165) is 38.0 Å². The van der Waals surface area contributed by atoms with Crippen molar-refractivity contribution in [1.82, 2.24) is 20.0 Å². The Morgan fingerprint density at radius 3 is 2.23 bits per heavy atom. The van der Waals surface area contributed by atoms with Crippen LogP contribution in [0.1, 0.15) is 59.7 Å². The Hall–Kier alpha value is -3.59. The molecule has 40 heavy (non-hydrogen) atoms. The highest BCUT2D eigenvalue weighted by Gasteiger charge is 2.46. The molecule has 3 amide bonds. The molecule has 0 radical (unpaired) electrons. The van der Waals surface area contributed by atoms with Crippen LogP contribution in [0.3, 0.4) is 0 Å². The van der Waals surface area contributed by atoms with Crippen LogP contribution in [-0.2, 0) is 22.6 Å². The summed E-state index contributed by atoms with van der Waals surface area (Å²) in [5, 5.41) is 3.08. The van der Waals surface area contributed by atoms with Gasteiger partial charge in [0.25, 0.3) is 5.91 Å². The lowest BCUT2D eigenvalue weighted by molar-refractivity contribution is -0.00126. The number of nitrogens with one attached hydrogen (secondary N) is 1. The molecular formula is C31H40N4O5. The third-order valence-electron chi connectivity index (χ3n) is 8.28. The normalized spacial score (nSPS) is 19.5. The third-order valence-corrected chi connectivity index (χ3v) is 8.28. The molecule has 0 unspecified atom stereocenters. The van der Waals surface area contributed by atoms with Crippen LogP contribution in [0.5, 0.6) is 0 Å². The highest BCUT2D eigenvalue weighted by molar-refractivity contribution is 5.94. The van der Waals surface area contributed by atoms with Crippen LogP contribution < -0.4 is 5.32 Å². The average Bonchev–Trinajstić information content (AvgIpc) is 3.26. The second-order valence-corrected chi connectivity index (χ2v) is 11.3. The quantitative estimate of drug-likeness (QED) is 0.554. The topological polar surface area (TPSA) is 91.4 Å². The fourth-order valence-corrected chi connectivity index (χ4v) is 5.82. The molecule has 3 aliphatic heterocycles. The molecule has 2 aromatic rings. The van der Waals surface area contributed by atoms with Gasteiger partial charge in [-0.3, -0.25) is 14.6 Å². The van der Waals surface area contributed by atoms with Gasteiger partial charge < -0.3 is 19.7 Å². The lowest BCUT2D eigenvalue weighted by Crippen LogP contribution is -2.46. The summed E-state index contributed by atoms with van der Waals surface area (Å²) in [5.74, 6) is -0.127. The maximum absolute atomic E-state index is 12.8. The van der Waals surface area contributed by atoms with E-state index >= 15 is 0 Å². The summed E-state index contributed by atoms with van der Waals surface area (Å²) in [6.07, 6.45) is 2.51. The summed E-state index contributed by atoms with van der Waals surface area (Å²) < 4.78 is 11.0. The largest absolute Gasteiger partial charge is 0.450 e. The highest BCUT2D eigenvalue weighted by atomic mass is 16.6. The maximum atomic E-state index is 12.8. The first-order chi connectivity index (χ1) is 19.3. The van der Waals surface area contributed by atoms with Crippen molar-refractivity contribution in [1.29, 1.82) is 0 Å². The van der Waals surface area contributed by atoms with E-state index in [0.29, 0.717) is 51.2 Å². The fraction of sp³-hybridized carbons (Fsp3) is 0.516. The molecule has 214 valence electrons. The Morgan fingerprint density at radius 1 is 0.950 bits per heavy atom. The molecule has 3 saturated heterocycles. The van der Waals surface area contributed by atoms with Gasteiger partial charge in [0.05, 0.1) is 13.2 Å². The number of likely N-dealkylation sites (tertiary alicyclic amines) is 2. The summed E-state index contributed by atoms with van der Waals surface area (Å²) in [6, 6.07) is 16.1. The number of piperidine rings is 2. The van der Waals surface area contributed by atoms with Gasteiger partial charge in [-0.05, 0) is 49.9 Å². The van der Waals surface area contributed by atoms with Crippen LogP contribution in [0.25, 0.3) is 0 Å². The summed E-state index contributed by atoms with van der Waals surface area (Å²) in [4.78, 5) is 43.3. The summed E-state index contributed by atoms with van der Waals surface area (Å²) in [6.45, 7) is 9.17. The van der Waals surface area contributed by atoms with Crippen LogP contribution in [0, 0.1) is 6.92 Å². The standard InChI is InChI=1S/C31H40N4O5/c1-3-39-29(37)34-16-12-27(13-17-34)32-28(36)26-10-8-25(9-11-26)21-35-22-31(40-30(35)38)14-18-33(19-15-31)20-24-6-4-23(2)5-7-24/h4-11,27H,3,12-22H2,1-2H3,(H,32,36). The second kappa shape index (κ2) is 12.3. The predicted molar refractivity (Wildman–Crippen MR) is 151 cm³/mol. The number of hydrogen-bond acceptors (Lipinski definition) is 6. The van der Waals surface area contributed by atoms with Gasteiger partial charge in [0.1, 0.15) is 5.60 Å². The molecule has 0 saturated carbocycles. The molecule has 0 aliphatic carbocycles. The Balaban J connectivity index is 1.07. The minimum Gasteiger partial charge on any atom is -0.450 e. The Morgan fingerprint density at radius 2 is 1.57 bits per heavy atom. The maximum Gasteiger partial charge on any atom is 0.410 e. The smallest absolute Gasteiger partial charge is 0.410 e. The molecule has 1 spiro atoms. The summed E-state index contributed by atoms with van der Waals surface area (Å²) >= 11 is 0. The van der Waals surface area contributed by atoms with Crippen molar-refractivity contribution < 1.29 is 23.9 Å². The zero-order valence-electron chi connectivity index (χ0n) is 23.6. The van der Waals surface area contributed by atoms with Crippen molar-refractivity contribution in [3.8, 4) is 0 Å². The van der Waals surface area contributed by atoms with Crippen LogP contribution in [0.2, 0.25) is 0 Å². The molecular weight excluding hydrogens is 508 g/mol. The number of carbonyl (C=O) groups is 3. The van der Waals surface area contributed by atoms with Gasteiger partial charge in [0.2, 0.25) is 0 Å². The molecule has 0 bridgehead atoms. The zero-order chi connectivity index (χ0) is 28.1. The van der Waals surface area contributed by atoms with E-state index in [9.17, 15) is 14.4 Å². The molecule has 0 atom stereocenters. The number of ether oxygens (including phenoxy) is 2. The van der Waals surface area contributed by atoms with Gasteiger partial charge in [0.15, 0.2) is 0 Å². The zero-order valence-corrected chi connectivity index (χ0v) is 23.6. The molecule has 3 heterocycles. The van der Waals surface area contributed by atoms with Crippen molar-refractivity contribution in [2.75, 3.05) is 39.3 Å². The first kappa shape index (κ1) is 28.0. The van der Waals surface area contributed by atoms with Gasteiger partial charge >= 0.3 is 12.2 Å². The number of benzene rings is 2. The molecule has 2 aromatic carbocycles. The number of nitrogens with zero attached hydrogens (tertiary/aromatic N) is 3. The number of hydrogen-bond donors (Lipinski definition) is 1. The lowest BCUT2D eigenvalue weighted by atomic mass is 9.91. The van der Waals surface area contributed by atoms with Crippen molar-refractivity contribution >= 4 is 18.1 Å². The number of carbonyl (C=O) groups excluding carboxylic acids is 3. The first-order valence-corrected chi connectivity index (χ1v) is 14.4. The van der Waals surface area contributed by atoms with E-state index in [1.165, 1.54) is 11.1 Å². The van der Waals surface area contributed by atoms with Gasteiger partial charge in [-0.1, -0.05) is 42.0 Å². The Labute approximate surface area is 236 Å². The van der Waals surface area contributed by atoms with E-state index in [1.807, 2.05) is 12.1 Å². The van der Waals surface area contributed by atoms with Crippen LogP contribution in [0.4, 0.5) is 9.59 Å². The van der Waals surface area contributed by atoms with Crippen molar-refractivity contribution in [3.05, 3.63) is 70.8 Å². The minimum absolute atomic E-state index is 0.0247. The summed E-state index contributed by atoms with van der Waals surface area (Å²) in [5.41, 5.74) is 3.71. The fourth-order valence-electron chi connectivity index (χ4n) is 5.82. The molecule has 3 aliphatic rings. The van der Waals surface area contributed by atoms with E-state index in [-0.39, 0.29) is 24.1 Å². The number of amides is 3. The molecule has 5 rings (SSSR count). The Bertz CT molecular complexity index is 1180. The third kappa shape index (κ3) is 6.75. The molecule has 9 heteroatoms. The van der Waals surface area contributed by atoms with Crippen LogP contribution >= 0.6 is 0 Å². The molecule has 1 N–H and O–H groups in total. The van der Waals surface area contributed by atoms with E-state index < -0.39 is 5.60 Å². The lowest BCUT2D eigenvalue weighted by Gasteiger charge is -2.37. The van der Waals surface area contributed by atoms with Gasteiger partial charge in [-0.25, -0.2) is 9.59 Å².